The number of hydrogen-bond donors (Lipinski definition) is 1. The molecule has 1 N–H and O–H groups in total. The van der Waals surface area contributed by atoms with E-state index in [0.29, 0.717) is 29.2 Å². The third kappa shape index (κ3) is 6.01. The molecule has 7 nitrogen and oxygen atoms in total. The summed E-state index contributed by atoms with van der Waals surface area (Å²) in [5, 5.41) is 11.9. The van der Waals surface area contributed by atoms with Crippen LogP contribution in [-0.4, -0.2) is 43.0 Å². The van der Waals surface area contributed by atoms with Gasteiger partial charge in [-0.2, -0.15) is 5.26 Å². The zero-order chi connectivity index (χ0) is 22.9. The van der Waals surface area contributed by atoms with Crippen LogP contribution in [0.1, 0.15) is 60.6 Å². The van der Waals surface area contributed by atoms with Gasteiger partial charge in [-0.05, 0) is 69.0 Å². The van der Waals surface area contributed by atoms with Gasteiger partial charge in [0.25, 0.3) is 11.8 Å². The molecule has 1 unspecified atom stereocenters. The fraction of sp³-hybridized carbons (Fsp3) is 0.400. The fourth-order valence-electron chi connectivity index (χ4n) is 3.62. The molecule has 32 heavy (non-hydrogen) atoms. The highest BCUT2D eigenvalue weighted by Gasteiger charge is 2.19. The van der Waals surface area contributed by atoms with Crippen molar-refractivity contribution in [1.82, 2.24) is 10.2 Å². The van der Waals surface area contributed by atoms with E-state index in [1.165, 1.54) is 0 Å². The summed E-state index contributed by atoms with van der Waals surface area (Å²) in [5.41, 5.74) is 1.91. The number of benzene rings is 2. The lowest BCUT2D eigenvalue weighted by molar-refractivity contribution is -0.134. The second-order valence-corrected chi connectivity index (χ2v) is 7.75. The van der Waals surface area contributed by atoms with Gasteiger partial charge >= 0.3 is 0 Å². The van der Waals surface area contributed by atoms with E-state index >= 15 is 0 Å². The number of carbonyl (C=O) groups is 2. The fourth-order valence-corrected chi connectivity index (χ4v) is 3.62. The molecule has 1 atom stereocenters. The molecule has 0 spiro atoms. The van der Waals surface area contributed by atoms with E-state index in [2.05, 4.69) is 11.4 Å². The Labute approximate surface area is 188 Å². The van der Waals surface area contributed by atoms with Crippen molar-refractivity contribution in [3.05, 3.63) is 59.2 Å². The highest BCUT2D eigenvalue weighted by Crippen LogP contribution is 2.29. The van der Waals surface area contributed by atoms with Gasteiger partial charge in [0, 0.05) is 18.7 Å². The first-order valence-electron chi connectivity index (χ1n) is 11.0. The van der Waals surface area contributed by atoms with Crippen molar-refractivity contribution in [1.29, 1.82) is 5.26 Å². The maximum absolute atomic E-state index is 12.8. The molecule has 2 amide bonds. The third-order valence-electron chi connectivity index (χ3n) is 5.45. The van der Waals surface area contributed by atoms with E-state index in [9.17, 15) is 9.59 Å². The van der Waals surface area contributed by atoms with Crippen LogP contribution in [0.5, 0.6) is 11.5 Å². The summed E-state index contributed by atoms with van der Waals surface area (Å²) in [5.74, 6) is 0.579. The number of carbonyl (C=O) groups excluding carboxylic acids is 2. The van der Waals surface area contributed by atoms with E-state index in [4.69, 9.17) is 14.7 Å². The summed E-state index contributed by atoms with van der Waals surface area (Å²) in [7, 11) is 0. The molecule has 2 aromatic rings. The van der Waals surface area contributed by atoms with Crippen molar-refractivity contribution in [2.45, 2.75) is 39.2 Å². The SMILES string of the molecule is CCOc1cc(C(=O)NC(C)c2ccc(C#N)cc2)ccc1OCC(=O)N1CCCCC1. The number of likely N-dealkylation sites (tertiary alicyclic amines) is 1. The van der Waals surface area contributed by atoms with Crippen molar-refractivity contribution >= 4 is 11.8 Å². The van der Waals surface area contributed by atoms with Gasteiger partial charge in [0.05, 0.1) is 24.3 Å². The van der Waals surface area contributed by atoms with Gasteiger partial charge in [-0.15, -0.1) is 0 Å². The lowest BCUT2D eigenvalue weighted by Crippen LogP contribution is -2.38. The highest BCUT2D eigenvalue weighted by atomic mass is 16.5. The number of hydrogen-bond acceptors (Lipinski definition) is 5. The largest absolute Gasteiger partial charge is 0.490 e. The van der Waals surface area contributed by atoms with E-state index in [-0.39, 0.29) is 24.5 Å². The number of ether oxygens (including phenoxy) is 2. The van der Waals surface area contributed by atoms with Crippen molar-refractivity contribution in [3.63, 3.8) is 0 Å². The van der Waals surface area contributed by atoms with Crippen LogP contribution in [-0.2, 0) is 4.79 Å². The maximum atomic E-state index is 12.8. The molecule has 0 saturated carbocycles. The van der Waals surface area contributed by atoms with Gasteiger partial charge in [-0.25, -0.2) is 0 Å². The molecule has 1 saturated heterocycles. The first-order chi connectivity index (χ1) is 15.5. The minimum atomic E-state index is -0.251. The Bertz CT molecular complexity index is 976. The molecule has 7 heteroatoms. The minimum Gasteiger partial charge on any atom is -0.490 e. The second-order valence-electron chi connectivity index (χ2n) is 7.75. The Morgan fingerprint density at radius 3 is 2.44 bits per heavy atom. The first-order valence-corrected chi connectivity index (χ1v) is 11.0. The summed E-state index contributed by atoms with van der Waals surface area (Å²) in [6, 6.07) is 13.9. The molecule has 0 radical (unpaired) electrons. The Morgan fingerprint density at radius 1 is 1.06 bits per heavy atom. The zero-order valence-corrected chi connectivity index (χ0v) is 18.6. The molecule has 1 heterocycles. The van der Waals surface area contributed by atoms with Crippen molar-refractivity contribution in [3.8, 4) is 17.6 Å². The number of piperidine rings is 1. The number of nitrogens with zero attached hydrogens (tertiary/aromatic N) is 2. The zero-order valence-electron chi connectivity index (χ0n) is 18.6. The van der Waals surface area contributed by atoms with Crippen LogP contribution < -0.4 is 14.8 Å². The average molecular weight is 436 g/mol. The molecule has 1 aliphatic heterocycles. The predicted molar refractivity (Wildman–Crippen MR) is 121 cm³/mol. The van der Waals surface area contributed by atoms with Gasteiger partial charge < -0.3 is 19.7 Å². The van der Waals surface area contributed by atoms with Gasteiger partial charge in [-0.3, -0.25) is 9.59 Å². The summed E-state index contributed by atoms with van der Waals surface area (Å²) in [4.78, 5) is 27.0. The topological polar surface area (TPSA) is 91.7 Å². The molecule has 168 valence electrons. The van der Waals surface area contributed by atoms with Crippen LogP contribution in [0.25, 0.3) is 0 Å². The van der Waals surface area contributed by atoms with Crippen molar-refractivity contribution in [2.24, 2.45) is 0 Å². The molecule has 3 rings (SSSR count). The number of amides is 2. The molecule has 2 aromatic carbocycles. The molecule has 0 bridgehead atoms. The van der Waals surface area contributed by atoms with Gasteiger partial charge in [0.15, 0.2) is 18.1 Å². The lowest BCUT2D eigenvalue weighted by Gasteiger charge is -2.26. The van der Waals surface area contributed by atoms with Crippen molar-refractivity contribution < 1.29 is 19.1 Å². The van der Waals surface area contributed by atoms with E-state index < -0.39 is 0 Å². The van der Waals surface area contributed by atoms with Crippen molar-refractivity contribution in [2.75, 3.05) is 26.3 Å². The van der Waals surface area contributed by atoms with Gasteiger partial charge in [-0.1, -0.05) is 12.1 Å². The summed E-state index contributed by atoms with van der Waals surface area (Å²) in [6.45, 7) is 5.63. The Hall–Kier alpha value is -3.53. The monoisotopic (exact) mass is 435 g/mol. The smallest absolute Gasteiger partial charge is 0.260 e. The molecule has 0 aliphatic carbocycles. The summed E-state index contributed by atoms with van der Waals surface area (Å²) < 4.78 is 11.4. The molecular formula is C25H29N3O4. The number of nitrogens with one attached hydrogen (secondary N) is 1. The van der Waals surface area contributed by atoms with Crippen LogP contribution in [0.15, 0.2) is 42.5 Å². The molecule has 0 aromatic heterocycles. The molecular weight excluding hydrogens is 406 g/mol. The Balaban J connectivity index is 1.65. The summed E-state index contributed by atoms with van der Waals surface area (Å²) in [6.07, 6.45) is 3.22. The number of nitriles is 1. The van der Waals surface area contributed by atoms with Crippen LogP contribution in [0.4, 0.5) is 0 Å². The first kappa shape index (κ1) is 23.1. The van der Waals surface area contributed by atoms with E-state index in [1.54, 1.807) is 30.3 Å². The van der Waals surface area contributed by atoms with Crippen LogP contribution in [0, 0.1) is 11.3 Å². The average Bonchev–Trinajstić information content (AvgIpc) is 2.83. The third-order valence-corrected chi connectivity index (χ3v) is 5.45. The molecule has 1 aliphatic rings. The van der Waals surface area contributed by atoms with E-state index in [0.717, 1.165) is 37.9 Å². The predicted octanol–water partition coefficient (Wildman–Crippen LogP) is 3.84. The van der Waals surface area contributed by atoms with E-state index in [1.807, 2.05) is 30.9 Å². The number of rotatable bonds is 8. The van der Waals surface area contributed by atoms with Crippen LogP contribution in [0.2, 0.25) is 0 Å². The summed E-state index contributed by atoms with van der Waals surface area (Å²) >= 11 is 0. The van der Waals surface area contributed by atoms with Crippen LogP contribution >= 0.6 is 0 Å². The standard InChI is InChI=1S/C25H29N3O4/c1-3-31-23-15-21(25(30)27-18(2)20-9-7-19(16-26)8-10-20)11-12-22(23)32-17-24(29)28-13-5-4-6-14-28/h7-12,15,18H,3-6,13-14,17H2,1-2H3,(H,27,30). The Kier molecular flexibility index (Phi) is 8.09. The highest BCUT2D eigenvalue weighted by molar-refractivity contribution is 5.95. The lowest BCUT2D eigenvalue weighted by atomic mass is 10.1. The van der Waals surface area contributed by atoms with Gasteiger partial charge in [0.2, 0.25) is 0 Å². The Morgan fingerprint density at radius 2 is 1.78 bits per heavy atom. The molecule has 1 fully saturated rings. The van der Waals surface area contributed by atoms with Gasteiger partial charge in [0.1, 0.15) is 0 Å². The second kappa shape index (κ2) is 11.2. The quantitative estimate of drug-likeness (QED) is 0.680. The minimum absolute atomic E-state index is 0.0368. The maximum Gasteiger partial charge on any atom is 0.260 e. The van der Waals surface area contributed by atoms with Crippen LogP contribution in [0.3, 0.4) is 0 Å². The normalized spacial score (nSPS) is 14.2.